The Balaban J connectivity index is 2.30. The van der Waals surface area contributed by atoms with Crippen LogP contribution in [0.5, 0.6) is 0 Å². The number of aromatic nitrogens is 2. The maximum atomic E-state index is 4.76. The van der Waals surface area contributed by atoms with E-state index in [1.807, 2.05) is 23.5 Å². The first kappa shape index (κ1) is 14.0. The summed E-state index contributed by atoms with van der Waals surface area (Å²) in [6, 6.07) is 0. The van der Waals surface area contributed by atoms with Crippen molar-refractivity contribution in [1.29, 1.82) is 0 Å². The average molecular weight is 283 g/mol. The van der Waals surface area contributed by atoms with Gasteiger partial charge in [-0.25, -0.2) is 9.97 Å². The minimum atomic E-state index is 0.464. The number of nitrogens with zero attached hydrogens (tertiary/aromatic N) is 2. The summed E-state index contributed by atoms with van der Waals surface area (Å²) in [6.07, 6.45) is 0.987. The van der Waals surface area contributed by atoms with Gasteiger partial charge in [-0.15, -0.1) is 11.8 Å². The molecule has 2 heterocycles. The van der Waals surface area contributed by atoms with Crippen LogP contribution in [0.4, 0.5) is 5.82 Å². The van der Waals surface area contributed by atoms with E-state index in [4.69, 9.17) is 9.97 Å². The van der Waals surface area contributed by atoms with E-state index in [1.54, 1.807) is 0 Å². The smallest absolute Gasteiger partial charge is 0.144 e. The van der Waals surface area contributed by atoms with E-state index in [1.165, 1.54) is 17.1 Å². The van der Waals surface area contributed by atoms with Gasteiger partial charge in [0.2, 0.25) is 0 Å². The summed E-state index contributed by atoms with van der Waals surface area (Å²) in [5, 5.41) is 3.84. The van der Waals surface area contributed by atoms with E-state index in [0.717, 1.165) is 36.1 Å². The van der Waals surface area contributed by atoms with Gasteiger partial charge in [0.25, 0.3) is 0 Å². The second kappa shape index (κ2) is 6.66. The van der Waals surface area contributed by atoms with Crippen LogP contribution < -0.4 is 5.32 Å². The number of hydrogen-bond acceptors (Lipinski definition) is 5. The highest BCUT2D eigenvalue weighted by molar-refractivity contribution is 8.06. The number of hydrogen-bond donors (Lipinski definition) is 1. The maximum Gasteiger partial charge on any atom is 0.144 e. The summed E-state index contributed by atoms with van der Waals surface area (Å²) in [6.45, 7) is 7.29. The zero-order chi connectivity index (χ0) is 13.0. The highest BCUT2D eigenvalue weighted by Gasteiger charge is 2.21. The third kappa shape index (κ3) is 3.12. The molecule has 1 aliphatic rings. The third-order valence-electron chi connectivity index (χ3n) is 3.03. The van der Waals surface area contributed by atoms with E-state index in [0.29, 0.717) is 5.25 Å². The van der Waals surface area contributed by atoms with Crippen LogP contribution in [0, 0.1) is 6.92 Å². The van der Waals surface area contributed by atoms with E-state index in [9.17, 15) is 0 Å². The Labute approximate surface area is 118 Å². The van der Waals surface area contributed by atoms with Crippen LogP contribution in [0.1, 0.15) is 36.2 Å². The van der Waals surface area contributed by atoms with Crippen molar-refractivity contribution in [2.75, 3.05) is 29.1 Å². The molecule has 1 fully saturated rings. The van der Waals surface area contributed by atoms with Crippen LogP contribution in [-0.4, -0.2) is 33.8 Å². The summed E-state index contributed by atoms with van der Waals surface area (Å²) in [5.41, 5.74) is 2.39. The number of nitrogens with one attached hydrogen (secondary N) is 1. The van der Waals surface area contributed by atoms with Crippen molar-refractivity contribution in [3.05, 3.63) is 17.1 Å². The molecule has 1 saturated heterocycles. The molecule has 5 heteroatoms. The molecular weight excluding hydrogens is 262 g/mol. The monoisotopic (exact) mass is 283 g/mol. The van der Waals surface area contributed by atoms with Gasteiger partial charge in [-0.2, -0.15) is 11.8 Å². The molecule has 0 spiro atoms. The third-order valence-corrected chi connectivity index (χ3v) is 5.78. The van der Waals surface area contributed by atoms with Gasteiger partial charge < -0.3 is 5.32 Å². The predicted molar refractivity (Wildman–Crippen MR) is 82.8 cm³/mol. The fourth-order valence-electron chi connectivity index (χ4n) is 2.14. The van der Waals surface area contributed by atoms with Gasteiger partial charge in [0.05, 0.1) is 5.25 Å². The lowest BCUT2D eigenvalue weighted by Gasteiger charge is -2.21. The molecule has 1 N–H and O–H groups in total. The highest BCUT2D eigenvalue weighted by Crippen LogP contribution is 2.36. The Morgan fingerprint density at radius 3 is 2.72 bits per heavy atom. The summed E-state index contributed by atoms with van der Waals surface area (Å²) in [5.74, 6) is 5.66. The van der Waals surface area contributed by atoms with Crippen molar-refractivity contribution in [1.82, 2.24) is 9.97 Å². The number of rotatable bonds is 4. The predicted octanol–water partition coefficient (Wildman–Crippen LogP) is 3.30. The minimum absolute atomic E-state index is 0.464. The van der Waals surface area contributed by atoms with Crippen molar-refractivity contribution in [3.8, 4) is 0 Å². The van der Waals surface area contributed by atoms with Crippen LogP contribution in [-0.2, 0) is 6.42 Å². The summed E-state index contributed by atoms with van der Waals surface area (Å²) >= 11 is 4.00. The average Bonchev–Trinajstić information content (AvgIpc) is 2.40. The lowest BCUT2D eigenvalue weighted by atomic mass is 10.1. The SMILES string of the molecule is CCNc1nc(C2CSCCS2)nc(C)c1CC. The fraction of sp³-hybridized carbons (Fsp3) is 0.692. The van der Waals surface area contributed by atoms with Crippen molar-refractivity contribution in [2.45, 2.75) is 32.4 Å². The molecule has 0 amide bonds. The molecule has 100 valence electrons. The van der Waals surface area contributed by atoms with Gasteiger partial charge in [-0.3, -0.25) is 0 Å². The summed E-state index contributed by atoms with van der Waals surface area (Å²) in [7, 11) is 0. The summed E-state index contributed by atoms with van der Waals surface area (Å²) in [4.78, 5) is 9.49. The normalized spacial score (nSPS) is 19.8. The van der Waals surface area contributed by atoms with Gasteiger partial charge in [0.1, 0.15) is 11.6 Å². The molecule has 0 saturated carbocycles. The largest absolute Gasteiger partial charge is 0.370 e. The molecule has 0 bridgehead atoms. The molecule has 1 aliphatic heterocycles. The Morgan fingerprint density at radius 2 is 2.11 bits per heavy atom. The first-order chi connectivity index (χ1) is 8.76. The topological polar surface area (TPSA) is 37.8 Å². The van der Waals surface area contributed by atoms with Crippen LogP contribution in [0.3, 0.4) is 0 Å². The van der Waals surface area contributed by atoms with Crippen molar-refractivity contribution in [2.24, 2.45) is 0 Å². The Morgan fingerprint density at radius 1 is 1.28 bits per heavy atom. The Kier molecular flexibility index (Phi) is 5.18. The Bertz CT molecular complexity index is 403. The quantitative estimate of drug-likeness (QED) is 0.917. The molecule has 2 rings (SSSR count). The molecule has 1 unspecified atom stereocenters. The zero-order valence-corrected chi connectivity index (χ0v) is 13.0. The van der Waals surface area contributed by atoms with E-state index in [2.05, 4.69) is 26.1 Å². The number of anilines is 1. The van der Waals surface area contributed by atoms with Crippen LogP contribution in [0.25, 0.3) is 0 Å². The van der Waals surface area contributed by atoms with Crippen molar-refractivity contribution in [3.63, 3.8) is 0 Å². The highest BCUT2D eigenvalue weighted by atomic mass is 32.2. The van der Waals surface area contributed by atoms with Gasteiger partial charge in [-0.05, 0) is 20.3 Å². The molecule has 18 heavy (non-hydrogen) atoms. The van der Waals surface area contributed by atoms with E-state index in [-0.39, 0.29) is 0 Å². The van der Waals surface area contributed by atoms with E-state index < -0.39 is 0 Å². The first-order valence-corrected chi connectivity index (χ1v) is 8.77. The first-order valence-electron chi connectivity index (χ1n) is 6.56. The van der Waals surface area contributed by atoms with Gasteiger partial charge in [-0.1, -0.05) is 6.92 Å². The lowest BCUT2D eigenvalue weighted by molar-refractivity contribution is 0.875. The lowest BCUT2D eigenvalue weighted by Crippen LogP contribution is -2.14. The molecule has 0 radical (unpaired) electrons. The molecular formula is C13H21N3S2. The fourth-order valence-corrected chi connectivity index (χ4v) is 4.73. The zero-order valence-electron chi connectivity index (χ0n) is 11.3. The van der Waals surface area contributed by atoms with Crippen LogP contribution in [0.15, 0.2) is 0 Å². The second-order valence-electron chi connectivity index (χ2n) is 4.31. The van der Waals surface area contributed by atoms with Crippen LogP contribution in [0.2, 0.25) is 0 Å². The molecule has 3 nitrogen and oxygen atoms in total. The molecule has 1 atom stereocenters. The van der Waals surface area contributed by atoms with Crippen molar-refractivity contribution >= 4 is 29.3 Å². The van der Waals surface area contributed by atoms with E-state index >= 15 is 0 Å². The standard InChI is InChI=1S/C13H21N3S2/c1-4-10-9(3)15-13(16-12(10)14-5-2)11-8-17-6-7-18-11/h11H,4-8H2,1-3H3,(H,14,15,16). The summed E-state index contributed by atoms with van der Waals surface area (Å²) < 4.78 is 0. The molecule has 1 aromatic heterocycles. The van der Waals surface area contributed by atoms with Crippen LogP contribution >= 0.6 is 23.5 Å². The maximum absolute atomic E-state index is 4.76. The Hall–Kier alpha value is -0.420. The van der Waals surface area contributed by atoms with Gasteiger partial charge in [0.15, 0.2) is 0 Å². The minimum Gasteiger partial charge on any atom is -0.370 e. The number of thioether (sulfide) groups is 2. The number of aryl methyl sites for hydroxylation is 1. The molecule has 0 aromatic carbocycles. The van der Waals surface area contributed by atoms with Gasteiger partial charge >= 0.3 is 0 Å². The second-order valence-corrected chi connectivity index (χ2v) is 6.77. The molecule has 1 aromatic rings. The van der Waals surface area contributed by atoms with Crippen molar-refractivity contribution < 1.29 is 0 Å². The molecule has 0 aliphatic carbocycles. The van der Waals surface area contributed by atoms with Gasteiger partial charge in [0, 0.05) is 35.1 Å².